The molecule has 1 amide bonds. The van der Waals surface area contributed by atoms with Crippen LogP contribution in [0.5, 0.6) is 0 Å². The normalized spacial score (nSPS) is 16.3. The molecule has 0 saturated carbocycles. The predicted octanol–water partition coefficient (Wildman–Crippen LogP) is 3.73. The van der Waals surface area contributed by atoms with Gasteiger partial charge in [-0.1, -0.05) is 49.0 Å². The lowest BCUT2D eigenvalue weighted by Crippen LogP contribution is -2.39. The Bertz CT molecular complexity index is 842. The van der Waals surface area contributed by atoms with Gasteiger partial charge < -0.3 is 9.88 Å². The lowest BCUT2D eigenvalue weighted by atomic mass is 9.98. The quantitative estimate of drug-likeness (QED) is 0.629. The van der Waals surface area contributed by atoms with E-state index >= 15 is 0 Å². The van der Waals surface area contributed by atoms with E-state index < -0.39 is 0 Å². The van der Waals surface area contributed by atoms with E-state index in [2.05, 4.69) is 35.9 Å². The Morgan fingerprint density at radius 2 is 1.96 bits per heavy atom. The van der Waals surface area contributed by atoms with Gasteiger partial charge >= 0.3 is 0 Å². The van der Waals surface area contributed by atoms with Gasteiger partial charge in [0.1, 0.15) is 0 Å². The molecule has 5 nitrogen and oxygen atoms in total. The summed E-state index contributed by atoms with van der Waals surface area (Å²) >= 11 is 1.52. The fraction of sp³-hybridized carbons (Fsp3) is 0.476. The van der Waals surface area contributed by atoms with Gasteiger partial charge in [0.05, 0.1) is 6.42 Å². The first-order valence-corrected chi connectivity index (χ1v) is 10.4. The van der Waals surface area contributed by atoms with Gasteiger partial charge in [0.15, 0.2) is 5.16 Å². The third-order valence-electron chi connectivity index (χ3n) is 5.22. The maximum absolute atomic E-state index is 12.6. The molecule has 0 aliphatic carbocycles. The molecule has 1 aromatic heterocycles. The molecule has 1 fully saturated rings. The van der Waals surface area contributed by atoms with Crippen molar-refractivity contribution in [1.82, 2.24) is 14.9 Å². The topological polar surface area (TPSA) is 66.1 Å². The van der Waals surface area contributed by atoms with Crippen LogP contribution < -0.4 is 5.56 Å². The molecule has 6 heteroatoms. The summed E-state index contributed by atoms with van der Waals surface area (Å²) in [5.41, 5.74) is 2.10. The highest BCUT2D eigenvalue weighted by molar-refractivity contribution is 7.99. The SMILES string of the molecule is Cc1nc(SC(C)c2ccccc2)[nH]c(=O)c1CC(=O)N1CCC(C)CC1. The molecule has 1 aromatic carbocycles. The molecule has 0 radical (unpaired) electrons. The smallest absolute Gasteiger partial charge is 0.255 e. The van der Waals surface area contributed by atoms with Crippen molar-refractivity contribution < 1.29 is 4.79 Å². The van der Waals surface area contributed by atoms with Gasteiger partial charge in [-0.05, 0) is 38.2 Å². The predicted molar refractivity (Wildman–Crippen MR) is 109 cm³/mol. The van der Waals surface area contributed by atoms with E-state index in [9.17, 15) is 9.59 Å². The number of nitrogens with one attached hydrogen (secondary N) is 1. The second-order valence-corrected chi connectivity index (χ2v) is 8.68. The molecule has 0 spiro atoms. The minimum atomic E-state index is -0.205. The van der Waals surface area contributed by atoms with E-state index in [0.29, 0.717) is 22.3 Å². The van der Waals surface area contributed by atoms with Crippen LogP contribution in [-0.4, -0.2) is 33.9 Å². The molecule has 2 aromatic rings. The van der Waals surface area contributed by atoms with Crippen molar-refractivity contribution in [2.75, 3.05) is 13.1 Å². The zero-order chi connectivity index (χ0) is 19.4. The van der Waals surface area contributed by atoms with Gasteiger partial charge in [-0.15, -0.1) is 0 Å². The number of nitrogens with zero attached hydrogens (tertiary/aromatic N) is 2. The molecule has 1 N–H and O–H groups in total. The van der Waals surface area contributed by atoms with Crippen molar-refractivity contribution >= 4 is 17.7 Å². The third-order valence-corrected chi connectivity index (χ3v) is 6.26. The van der Waals surface area contributed by atoms with E-state index in [1.807, 2.05) is 30.0 Å². The molecule has 1 unspecified atom stereocenters. The van der Waals surface area contributed by atoms with Crippen molar-refractivity contribution in [3.05, 3.63) is 57.5 Å². The van der Waals surface area contributed by atoms with Crippen LogP contribution in [-0.2, 0) is 11.2 Å². The van der Waals surface area contributed by atoms with Gasteiger partial charge in [0.25, 0.3) is 5.56 Å². The highest BCUT2D eigenvalue weighted by Gasteiger charge is 2.22. The summed E-state index contributed by atoms with van der Waals surface area (Å²) in [4.78, 5) is 34.4. The van der Waals surface area contributed by atoms with E-state index in [4.69, 9.17) is 0 Å². The van der Waals surface area contributed by atoms with Gasteiger partial charge in [0.2, 0.25) is 5.91 Å². The average molecular weight is 386 g/mol. The van der Waals surface area contributed by atoms with Crippen molar-refractivity contribution in [3.8, 4) is 0 Å². The first kappa shape index (κ1) is 19.7. The van der Waals surface area contributed by atoms with Gasteiger partial charge in [-0.2, -0.15) is 0 Å². The molecule has 1 saturated heterocycles. The van der Waals surface area contributed by atoms with Crippen LogP contribution in [0.1, 0.15) is 48.8 Å². The highest BCUT2D eigenvalue weighted by Crippen LogP contribution is 2.32. The Balaban J connectivity index is 1.69. The van der Waals surface area contributed by atoms with E-state index in [1.165, 1.54) is 17.3 Å². The summed E-state index contributed by atoms with van der Waals surface area (Å²) in [7, 11) is 0. The third kappa shape index (κ3) is 5.01. The fourth-order valence-corrected chi connectivity index (χ4v) is 4.30. The minimum Gasteiger partial charge on any atom is -0.342 e. The number of H-pyrrole nitrogens is 1. The number of aryl methyl sites for hydroxylation is 1. The maximum Gasteiger partial charge on any atom is 0.255 e. The van der Waals surface area contributed by atoms with E-state index in [1.54, 1.807) is 0 Å². The standard InChI is InChI=1S/C21H27N3O2S/c1-14-9-11-24(12-10-14)19(25)13-18-15(2)22-21(23-20(18)26)27-16(3)17-7-5-4-6-8-17/h4-8,14,16H,9-13H2,1-3H3,(H,22,23,26). The lowest BCUT2D eigenvalue weighted by Gasteiger charge is -2.30. The lowest BCUT2D eigenvalue weighted by molar-refractivity contribution is -0.131. The molecular weight excluding hydrogens is 358 g/mol. The molecule has 1 aliphatic rings. The number of hydrogen-bond acceptors (Lipinski definition) is 4. The molecular formula is C21H27N3O2S. The van der Waals surface area contributed by atoms with Gasteiger partial charge in [-0.3, -0.25) is 9.59 Å². The Morgan fingerprint density at radius 3 is 2.59 bits per heavy atom. The summed E-state index contributed by atoms with van der Waals surface area (Å²) < 4.78 is 0. The Hall–Kier alpha value is -2.08. The van der Waals surface area contributed by atoms with Gasteiger partial charge in [0, 0.05) is 29.6 Å². The summed E-state index contributed by atoms with van der Waals surface area (Å²) in [5, 5.41) is 0.772. The fourth-order valence-electron chi connectivity index (χ4n) is 3.33. The van der Waals surface area contributed by atoms with Crippen molar-refractivity contribution in [2.45, 2.75) is 50.4 Å². The molecule has 3 rings (SSSR count). The number of aromatic nitrogens is 2. The summed E-state index contributed by atoms with van der Waals surface area (Å²) in [6.07, 6.45) is 2.19. The molecule has 0 bridgehead atoms. The maximum atomic E-state index is 12.6. The molecule has 144 valence electrons. The Morgan fingerprint density at radius 1 is 1.30 bits per heavy atom. The van der Waals surface area contributed by atoms with E-state index in [-0.39, 0.29) is 23.1 Å². The number of rotatable bonds is 5. The number of piperidine rings is 1. The number of benzene rings is 1. The summed E-state index contributed by atoms with van der Waals surface area (Å²) in [5.74, 6) is 0.694. The first-order valence-electron chi connectivity index (χ1n) is 9.53. The van der Waals surface area contributed by atoms with Crippen LogP contribution in [0.2, 0.25) is 0 Å². The van der Waals surface area contributed by atoms with Crippen LogP contribution >= 0.6 is 11.8 Å². The van der Waals surface area contributed by atoms with Crippen molar-refractivity contribution in [2.24, 2.45) is 5.92 Å². The zero-order valence-corrected chi connectivity index (χ0v) is 17.0. The molecule has 1 aliphatic heterocycles. The number of carbonyl (C=O) groups is 1. The number of aromatic amines is 1. The van der Waals surface area contributed by atoms with Gasteiger partial charge in [-0.25, -0.2) is 4.98 Å². The number of hydrogen-bond donors (Lipinski definition) is 1. The van der Waals surface area contributed by atoms with Crippen LogP contribution in [0.25, 0.3) is 0 Å². The summed E-state index contributed by atoms with van der Waals surface area (Å²) in [6.45, 7) is 7.69. The highest BCUT2D eigenvalue weighted by atomic mass is 32.2. The number of amides is 1. The van der Waals surface area contributed by atoms with Crippen molar-refractivity contribution in [3.63, 3.8) is 0 Å². The second kappa shape index (κ2) is 8.74. The summed E-state index contributed by atoms with van der Waals surface area (Å²) in [6, 6.07) is 10.1. The molecule has 1 atom stereocenters. The average Bonchev–Trinajstić information content (AvgIpc) is 2.66. The van der Waals surface area contributed by atoms with Crippen LogP contribution in [0.4, 0.5) is 0 Å². The van der Waals surface area contributed by atoms with Crippen molar-refractivity contribution in [1.29, 1.82) is 0 Å². The van der Waals surface area contributed by atoms with Crippen LogP contribution in [0.15, 0.2) is 40.3 Å². The number of likely N-dealkylation sites (tertiary alicyclic amines) is 1. The molecule has 27 heavy (non-hydrogen) atoms. The Labute approximate surface area is 164 Å². The largest absolute Gasteiger partial charge is 0.342 e. The monoisotopic (exact) mass is 385 g/mol. The Kier molecular flexibility index (Phi) is 6.37. The zero-order valence-electron chi connectivity index (χ0n) is 16.2. The first-order chi connectivity index (χ1) is 12.9. The number of carbonyl (C=O) groups excluding carboxylic acids is 1. The minimum absolute atomic E-state index is 0.0235. The van der Waals surface area contributed by atoms with E-state index in [0.717, 1.165) is 25.9 Å². The van der Waals surface area contributed by atoms with Crippen LogP contribution in [0, 0.1) is 12.8 Å². The van der Waals surface area contributed by atoms with Crippen LogP contribution in [0.3, 0.4) is 0 Å². The molecule has 2 heterocycles. The number of thioether (sulfide) groups is 1. The second-order valence-electron chi connectivity index (χ2n) is 7.35.